The van der Waals surface area contributed by atoms with Crippen LogP contribution in [0.3, 0.4) is 0 Å². The Labute approximate surface area is 176 Å². The van der Waals surface area contributed by atoms with E-state index < -0.39 is 0 Å². The third kappa shape index (κ3) is 3.65. The molecule has 29 heavy (non-hydrogen) atoms. The number of thiocarbonyl (C=S) groups is 1. The predicted molar refractivity (Wildman–Crippen MR) is 118 cm³/mol. The molecular formula is C23H25FN4S. The van der Waals surface area contributed by atoms with Crippen LogP contribution in [0.1, 0.15) is 49.7 Å². The Balaban J connectivity index is 1.83. The number of rotatable bonds is 3. The van der Waals surface area contributed by atoms with E-state index >= 15 is 0 Å². The van der Waals surface area contributed by atoms with E-state index in [1.54, 1.807) is 19.2 Å². The number of nitrogens with one attached hydrogen (secondary N) is 1. The van der Waals surface area contributed by atoms with Crippen LogP contribution in [0.2, 0.25) is 0 Å². The topological polar surface area (TPSA) is 33.1 Å². The first-order valence-electron chi connectivity index (χ1n) is 9.71. The van der Waals surface area contributed by atoms with Gasteiger partial charge in [-0.15, -0.1) is 0 Å². The molecule has 1 aliphatic rings. The fourth-order valence-electron chi connectivity index (χ4n) is 3.76. The van der Waals surface area contributed by atoms with Crippen LogP contribution in [0.5, 0.6) is 0 Å². The van der Waals surface area contributed by atoms with Crippen molar-refractivity contribution in [1.29, 1.82) is 0 Å². The fraction of sp³-hybridized carbons (Fsp3) is 0.304. The van der Waals surface area contributed by atoms with E-state index in [1.807, 2.05) is 24.3 Å². The molecule has 6 heteroatoms. The molecule has 0 radical (unpaired) electrons. The molecule has 4 nitrogen and oxygen atoms in total. The Morgan fingerprint density at radius 1 is 1.14 bits per heavy atom. The van der Waals surface area contributed by atoms with Gasteiger partial charge in [0.25, 0.3) is 0 Å². The van der Waals surface area contributed by atoms with Crippen molar-refractivity contribution in [3.8, 4) is 0 Å². The lowest BCUT2D eigenvalue weighted by atomic mass is 9.98. The number of aromatic nitrogens is 2. The van der Waals surface area contributed by atoms with Crippen LogP contribution in [0.25, 0.3) is 0 Å². The largest absolute Gasteiger partial charge is 0.351 e. The second-order valence-corrected chi connectivity index (χ2v) is 8.84. The van der Waals surface area contributed by atoms with Crippen molar-refractivity contribution < 1.29 is 4.39 Å². The second-order valence-electron chi connectivity index (χ2n) is 8.45. The molecular weight excluding hydrogens is 383 g/mol. The quantitative estimate of drug-likeness (QED) is 0.599. The number of aryl methyl sites for hydroxylation is 1. The van der Waals surface area contributed by atoms with E-state index in [1.165, 1.54) is 6.07 Å². The van der Waals surface area contributed by atoms with E-state index in [0.29, 0.717) is 10.7 Å². The van der Waals surface area contributed by atoms with Crippen LogP contribution in [-0.2, 0) is 5.54 Å². The molecule has 4 rings (SSSR count). The van der Waals surface area contributed by atoms with E-state index in [9.17, 15) is 4.39 Å². The van der Waals surface area contributed by atoms with Crippen molar-refractivity contribution in [3.05, 3.63) is 83.7 Å². The first kappa shape index (κ1) is 19.6. The average Bonchev–Trinajstić information content (AvgIpc) is 3.29. The van der Waals surface area contributed by atoms with Gasteiger partial charge in [0.05, 0.1) is 17.8 Å². The van der Waals surface area contributed by atoms with Gasteiger partial charge in [-0.25, -0.2) is 4.39 Å². The van der Waals surface area contributed by atoms with E-state index in [0.717, 1.165) is 16.9 Å². The maximum absolute atomic E-state index is 13.9. The maximum atomic E-state index is 13.9. The Bertz CT molecular complexity index is 1040. The van der Waals surface area contributed by atoms with E-state index in [-0.39, 0.29) is 23.4 Å². The standard InChI is InChI=1S/C23H25FN4S/c1-15-13-17(8-9-18(15)24)28-21(16-10-12-27(14-16)23(2,3)4)20(26-22(28)29)19-7-5-6-11-25-19/h5-14,20-21H,1-4H3,(H,26,29). The highest BCUT2D eigenvalue weighted by Crippen LogP contribution is 2.42. The molecule has 0 saturated carbocycles. The smallest absolute Gasteiger partial charge is 0.174 e. The number of halogens is 1. The highest BCUT2D eigenvalue weighted by atomic mass is 32.1. The summed E-state index contributed by atoms with van der Waals surface area (Å²) in [4.78, 5) is 6.64. The number of hydrogen-bond donors (Lipinski definition) is 1. The number of hydrogen-bond acceptors (Lipinski definition) is 2. The zero-order valence-electron chi connectivity index (χ0n) is 17.1. The van der Waals surface area contributed by atoms with Crippen LogP contribution in [0, 0.1) is 12.7 Å². The van der Waals surface area contributed by atoms with Gasteiger partial charge < -0.3 is 14.8 Å². The SMILES string of the molecule is Cc1cc(N2C(=S)NC(c3ccccn3)C2c2ccn(C(C)(C)C)c2)ccc1F. The molecule has 2 aromatic heterocycles. The maximum Gasteiger partial charge on any atom is 0.174 e. The first-order valence-corrected chi connectivity index (χ1v) is 10.1. The minimum Gasteiger partial charge on any atom is -0.351 e. The lowest BCUT2D eigenvalue weighted by Gasteiger charge is -2.28. The molecule has 0 aliphatic carbocycles. The summed E-state index contributed by atoms with van der Waals surface area (Å²) in [7, 11) is 0. The van der Waals surface area contributed by atoms with Crippen LogP contribution < -0.4 is 10.2 Å². The summed E-state index contributed by atoms with van der Waals surface area (Å²) in [6.07, 6.45) is 6.06. The molecule has 150 valence electrons. The number of anilines is 1. The molecule has 3 aromatic rings. The predicted octanol–water partition coefficient (Wildman–Crippen LogP) is 5.26. The summed E-state index contributed by atoms with van der Waals surface area (Å²) in [6.45, 7) is 8.29. The normalized spacial score (nSPS) is 19.5. The van der Waals surface area contributed by atoms with Crippen molar-refractivity contribution in [2.24, 2.45) is 0 Å². The minimum absolute atomic E-state index is 0.0252. The summed E-state index contributed by atoms with van der Waals surface area (Å²) in [5.74, 6) is -0.219. The highest BCUT2D eigenvalue weighted by Gasteiger charge is 2.41. The van der Waals surface area contributed by atoms with Crippen LogP contribution in [0.4, 0.5) is 10.1 Å². The molecule has 0 bridgehead atoms. The summed E-state index contributed by atoms with van der Waals surface area (Å²) < 4.78 is 16.1. The number of pyridine rings is 1. The third-order valence-corrected chi connectivity index (χ3v) is 5.66. The van der Waals surface area contributed by atoms with Gasteiger partial charge in [-0.1, -0.05) is 6.07 Å². The molecule has 1 aromatic carbocycles. The Hall–Kier alpha value is -2.73. The van der Waals surface area contributed by atoms with Gasteiger partial charge in [0.1, 0.15) is 5.82 Å². The van der Waals surface area contributed by atoms with Gasteiger partial charge in [0.2, 0.25) is 0 Å². The van der Waals surface area contributed by atoms with Crippen LogP contribution in [-0.4, -0.2) is 14.7 Å². The van der Waals surface area contributed by atoms with Gasteiger partial charge in [-0.05, 0) is 87.4 Å². The molecule has 2 atom stereocenters. The van der Waals surface area contributed by atoms with Gasteiger partial charge in [0, 0.05) is 29.8 Å². The van der Waals surface area contributed by atoms with Crippen molar-refractivity contribution >= 4 is 23.0 Å². The van der Waals surface area contributed by atoms with Crippen molar-refractivity contribution in [3.63, 3.8) is 0 Å². The first-order chi connectivity index (χ1) is 13.8. The molecule has 1 fully saturated rings. The molecule has 2 unspecified atom stereocenters. The number of benzene rings is 1. The minimum atomic E-state index is -0.219. The zero-order chi connectivity index (χ0) is 20.8. The van der Waals surface area contributed by atoms with Crippen molar-refractivity contribution in [1.82, 2.24) is 14.9 Å². The Morgan fingerprint density at radius 3 is 2.55 bits per heavy atom. The summed E-state index contributed by atoms with van der Waals surface area (Å²) in [5.41, 5.74) is 3.49. The Kier molecular flexibility index (Phi) is 4.90. The number of nitrogens with zero attached hydrogens (tertiary/aromatic N) is 3. The van der Waals surface area contributed by atoms with Crippen molar-refractivity contribution in [2.75, 3.05) is 4.90 Å². The van der Waals surface area contributed by atoms with Crippen LogP contribution in [0.15, 0.2) is 61.1 Å². The average molecular weight is 409 g/mol. The van der Waals surface area contributed by atoms with Crippen molar-refractivity contribution in [2.45, 2.75) is 45.3 Å². The fourth-order valence-corrected chi connectivity index (χ4v) is 4.10. The van der Waals surface area contributed by atoms with E-state index in [2.05, 4.69) is 59.0 Å². The lowest BCUT2D eigenvalue weighted by Crippen LogP contribution is -2.29. The van der Waals surface area contributed by atoms with Gasteiger partial charge in [-0.2, -0.15) is 0 Å². The Morgan fingerprint density at radius 2 is 1.93 bits per heavy atom. The monoisotopic (exact) mass is 408 g/mol. The third-order valence-electron chi connectivity index (χ3n) is 5.35. The van der Waals surface area contributed by atoms with Gasteiger partial charge in [-0.3, -0.25) is 4.98 Å². The summed E-state index contributed by atoms with van der Waals surface area (Å²) in [5, 5.41) is 4.05. The van der Waals surface area contributed by atoms with Crippen LogP contribution >= 0.6 is 12.2 Å². The molecule has 1 N–H and O–H groups in total. The van der Waals surface area contributed by atoms with E-state index in [4.69, 9.17) is 12.2 Å². The lowest BCUT2D eigenvalue weighted by molar-refractivity contribution is 0.397. The summed E-state index contributed by atoms with van der Waals surface area (Å²) >= 11 is 5.72. The molecule has 1 aliphatic heterocycles. The molecule has 0 spiro atoms. The highest BCUT2D eigenvalue weighted by molar-refractivity contribution is 7.80. The summed E-state index contributed by atoms with van der Waals surface area (Å²) in [6, 6.07) is 13.0. The molecule has 1 saturated heterocycles. The molecule has 3 heterocycles. The second kappa shape index (κ2) is 7.26. The van der Waals surface area contributed by atoms with Gasteiger partial charge in [0.15, 0.2) is 5.11 Å². The van der Waals surface area contributed by atoms with Gasteiger partial charge >= 0.3 is 0 Å². The zero-order valence-corrected chi connectivity index (χ0v) is 17.9. The molecule has 0 amide bonds.